The number of amides is 1. The molecule has 0 unspecified atom stereocenters. The molecule has 3 aromatic rings. The summed E-state index contributed by atoms with van der Waals surface area (Å²) >= 11 is 0. The highest BCUT2D eigenvalue weighted by Crippen LogP contribution is 2.29. The molecule has 0 radical (unpaired) electrons. The Kier molecular flexibility index (Phi) is 4.54. The van der Waals surface area contributed by atoms with E-state index in [9.17, 15) is 18.0 Å². The van der Waals surface area contributed by atoms with Crippen molar-refractivity contribution >= 4 is 11.6 Å². The Labute approximate surface area is 148 Å². The Morgan fingerprint density at radius 1 is 1.04 bits per heavy atom. The highest BCUT2D eigenvalue weighted by Gasteiger charge is 2.30. The molecule has 1 heterocycles. The minimum atomic E-state index is -4.43. The highest BCUT2D eigenvalue weighted by molar-refractivity contribution is 6.05. The van der Waals surface area contributed by atoms with Crippen LogP contribution in [0.4, 0.5) is 18.9 Å². The van der Waals surface area contributed by atoms with E-state index in [2.05, 4.69) is 10.4 Å². The Morgan fingerprint density at radius 2 is 1.69 bits per heavy atom. The molecule has 0 saturated heterocycles. The van der Waals surface area contributed by atoms with Crippen LogP contribution in [0.1, 0.15) is 27.3 Å². The van der Waals surface area contributed by atoms with Crippen LogP contribution in [0.5, 0.6) is 0 Å². The van der Waals surface area contributed by atoms with E-state index in [0.717, 1.165) is 35.7 Å². The van der Waals surface area contributed by atoms with Gasteiger partial charge in [0.15, 0.2) is 0 Å². The maximum Gasteiger partial charge on any atom is 0.416 e. The molecule has 0 atom stereocenters. The number of aryl methyl sites for hydroxylation is 2. The summed E-state index contributed by atoms with van der Waals surface area (Å²) in [5.74, 6) is -0.493. The third kappa shape index (κ3) is 3.61. The smallest absolute Gasteiger partial charge is 0.320 e. The lowest BCUT2D eigenvalue weighted by Gasteiger charge is -2.13. The second-order valence-corrected chi connectivity index (χ2v) is 5.89. The van der Waals surface area contributed by atoms with Gasteiger partial charge in [-0.15, -0.1) is 0 Å². The Morgan fingerprint density at radius 3 is 2.27 bits per heavy atom. The van der Waals surface area contributed by atoms with Crippen molar-refractivity contribution in [3.63, 3.8) is 0 Å². The number of rotatable bonds is 3. The average Bonchev–Trinajstić information content (AvgIpc) is 2.93. The molecule has 3 rings (SSSR count). The highest BCUT2D eigenvalue weighted by atomic mass is 19.4. The molecule has 7 heteroatoms. The quantitative estimate of drug-likeness (QED) is 0.733. The Hall–Kier alpha value is -3.09. The standard InChI is InChI=1S/C19H16F3N3O/c1-12-11-13(2)25(24-12)17-6-4-3-5-16(17)23-18(26)14-7-9-15(10-8-14)19(20,21)22/h3-11H,1-2H3,(H,23,26). The number of halogens is 3. The van der Waals surface area contributed by atoms with Crippen LogP contribution in [0.15, 0.2) is 54.6 Å². The van der Waals surface area contributed by atoms with E-state index in [1.54, 1.807) is 16.8 Å². The van der Waals surface area contributed by atoms with Crippen LogP contribution in [-0.2, 0) is 6.18 Å². The summed E-state index contributed by atoms with van der Waals surface area (Å²) in [6.45, 7) is 3.77. The van der Waals surface area contributed by atoms with Crippen molar-refractivity contribution in [2.75, 3.05) is 5.32 Å². The first-order chi connectivity index (χ1) is 12.3. The van der Waals surface area contributed by atoms with E-state index < -0.39 is 17.6 Å². The molecule has 0 aliphatic rings. The molecule has 1 amide bonds. The lowest BCUT2D eigenvalue weighted by molar-refractivity contribution is -0.137. The maximum absolute atomic E-state index is 12.6. The fourth-order valence-electron chi connectivity index (χ4n) is 2.64. The van der Waals surface area contributed by atoms with Crippen molar-refractivity contribution in [2.24, 2.45) is 0 Å². The maximum atomic E-state index is 12.6. The first-order valence-electron chi connectivity index (χ1n) is 7.87. The van der Waals surface area contributed by atoms with Crippen LogP contribution in [0.25, 0.3) is 5.69 Å². The predicted octanol–water partition coefficient (Wildman–Crippen LogP) is 4.76. The second kappa shape index (κ2) is 6.67. The number of carbonyl (C=O) groups is 1. The normalized spacial score (nSPS) is 11.4. The summed E-state index contributed by atoms with van der Waals surface area (Å²) < 4.78 is 39.6. The monoisotopic (exact) mass is 359 g/mol. The number of para-hydroxylation sites is 2. The third-order valence-electron chi connectivity index (χ3n) is 3.86. The van der Waals surface area contributed by atoms with Gasteiger partial charge in [0.2, 0.25) is 0 Å². The Balaban J connectivity index is 1.88. The van der Waals surface area contributed by atoms with Crippen molar-refractivity contribution in [3.8, 4) is 5.69 Å². The average molecular weight is 359 g/mol. The van der Waals surface area contributed by atoms with Gasteiger partial charge < -0.3 is 5.32 Å². The molecule has 1 N–H and O–H groups in total. The fraction of sp³-hybridized carbons (Fsp3) is 0.158. The number of nitrogens with one attached hydrogen (secondary N) is 1. The van der Waals surface area contributed by atoms with E-state index in [1.165, 1.54) is 0 Å². The van der Waals surface area contributed by atoms with Gasteiger partial charge in [0, 0.05) is 11.3 Å². The zero-order valence-corrected chi connectivity index (χ0v) is 14.1. The molecule has 1 aromatic heterocycles. The molecule has 0 aliphatic heterocycles. The van der Waals surface area contributed by atoms with Gasteiger partial charge in [-0.05, 0) is 56.3 Å². The molecule has 0 spiro atoms. The van der Waals surface area contributed by atoms with Crippen LogP contribution >= 0.6 is 0 Å². The van der Waals surface area contributed by atoms with E-state index in [4.69, 9.17) is 0 Å². The van der Waals surface area contributed by atoms with Gasteiger partial charge in [0.25, 0.3) is 5.91 Å². The summed E-state index contributed by atoms with van der Waals surface area (Å²) in [4.78, 5) is 12.4. The minimum absolute atomic E-state index is 0.140. The van der Waals surface area contributed by atoms with Gasteiger partial charge in [0.1, 0.15) is 0 Å². The molecule has 2 aromatic carbocycles. The molecule has 4 nitrogen and oxygen atoms in total. The largest absolute Gasteiger partial charge is 0.416 e. The number of hydrogen-bond donors (Lipinski definition) is 1. The molecular weight excluding hydrogens is 343 g/mol. The number of anilines is 1. The second-order valence-electron chi connectivity index (χ2n) is 5.89. The van der Waals surface area contributed by atoms with Gasteiger partial charge in [-0.2, -0.15) is 18.3 Å². The van der Waals surface area contributed by atoms with Crippen LogP contribution in [0.2, 0.25) is 0 Å². The molecule has 0 saturated carbocycles. The van der Waals surface area contributed by atoms with E-state index >= 15 is 0 Å². The summed E-state index contributed by atoms with van der Waals surface area (Å²) in [5.41, 5.74) is 2.28. The van der Waals surface area contributed by atoms with Crippen LogP contribution in [0.3, 0.4) is 0 Å². The van der Waals surface area contributed by atoms with Crippen LogP contribution < -0.4 is 5.32 Å². The topological polar surface area (TPSA) is 46.9 Å². The molecule has 26 heavy (non-hydrogen) atoms. The van der Waals surface area contributed by atoms with Crippen molar-refractivity contribution in [1.82, 2.24) is 9.78 Å². The van der Waals surface area contributed by atoms with Gasteiger partial charge in [0.05, 0.1) is 22.6 Å². The van der Waals surface area contributed by atoms with Crippen molar-refractivity contribution in [1.29, 1.82) is 0 Å². The fourth-order valence-corrected chi connectivity index (χ4v) is 2.64. The molecule has 134 valence electrons. The zero-order chi connectivity index (χ0) is 18.9. The molecule has 0 aliphatic carbocycles. The predicted molar refractivity (Wildman–Crippen MR) is 92.4 cm³/mol. The first-order valence-corrected chi connectivity index (χ1v) is 7.87. The van der Waals surface area contributed by atoms with Gasteiger partial charge in [-0.25, -0.2) is 4.68 Å². The van der Waals surface area contributed by atoms with E-state index in [-0.39, 0.29) is 5.56 Å². The number of hydrogen-bond acceptors (Lipinski definition) is 2. The number of nitrogens with zero attached hydrogens (tertiary/aromatic N) is 2. The summed E-state index contributed by atoms with van der Waals surface area (Å²) in [6.07, 6.45) is -4.43. The summed E-state index contributed by atoms with van der Waals surface area (Å²) in [5, 5.41) is 7.14. The Bertz CT molecular complexity index is 943. The number of alkyl halides is 3. The first kappa shape index (κ1) is 17.7. The number of aromatic nitrogens is 2. The van der Waals surface area contributed by atoms with Gasteiger partial charge in [-0.3, -0.25) is 4.79 Å². The molecule has 0 bridgehead atoms. The van der Waals surface area contributed by atoms with Crippen LogP contribution in [0, 0.1) is 13.8 Å². The zero-order valence-electron chi connectivity index (χ0n) is 14.1. The lowest BCUT2D eigenvalue weighted by atomic mass is 10.1. The van der Waals surface area contributed by atoms with E-state index in [0.29, 0.717) is 11.4 Å². The number of carbonyl (C=O) groups excluding carboxylic acids is 1. The van der Waals surface area contributed by atoms with Crippen molar-refractivity contribution in [2.45, 2.75) is 20.0 Å². The van der Waals surface area contributed by atoms with Crippen molar-refractivity contribution < 1.29 is 18.0 Å². The third-order valence-corrected chi connectivity index (χ3v) is 3.86. The van der Waals surface area contributed by atoms with Gasteiger partial charge in [-0.1, -0.05) is 12.1 Å². The molecule has 0 fully saturated rings. The molecular formula is C19H16F3N3O. The van der Waals surface area contributed by atoms with Crippen LogP contribution in [-0.4, -0.2) is 15.7 Å². The number of benzene rings is 2. The van der Waals surface area contributed by atoms with Gasteiger partial charge >= 0.3 is 6.18 Å². The SMILES string of the molecule is Cc1cc(C)n(-c2ccccc2NC(=O)c2ccc(C(F)(F)F)cc2)n1. The lowest BCUT2D eigenvalue weighted by Crippen LogP contribution is -2.15. The summed E-state index contributed by atoms with van der Waals surface area (Å²) in [7, 11) is 0. The summed E-state index contributed by atoms with van der Waals surface area (Å²) in [6, 6.07) is 13.1. The van der Waals surface area contributed by atoms with Crippen molar-refractivity contribution in [3.05, 3.63) is 77.1 Å². The minimum Gasteiger partial charge on any atom is -0.320 e. The van der Waals surface area contributed by atoms with E-state index in [1.807, 2.05) is 32.0 Å².